The van der Waals surface area contributed by atoms with Crippen LogP contribution in [-0.2, 0) is 4.74 Å². The molecule has 1 aliphatic rings. The van der Waals surface area contributed by atoms with Crippen molar-refractivity contribution in [1.29, 1.82) is 0 Å². The Morgan fingerprint density at radius 3 is 2.38 bits per heavy atom. The maximum absolute atomic E-state index is 12.4. The van der Waals surface area contributed by atoms with Crippen LogP contribution in [0, 0.1) is 0 Å². The molecule has 1 aliphatic heterocycles. The summed E-state index contributed by atoms with van der Waals surface area (Å²) in [7, 11) is 0. The first-order valence-electron chi connectivity index (χ1n) is 4.96. The largest absolute Gasteiger partial charge is 0.507 e. The smallest absolute Gasteiger partial charge is 0.445 e. The normalized spacial score (nSPS) is 17.4. The predicted molar refractivity (Wildman–Crippen MR) is 55.0 cm³/mol. The quantitative estimate of drug-likeness (QED) is 0.654. The Morgan fingerprint density at radius 1 is 1.44 bits per heavy atom. The Hall–Kier alpha value is -1.14. The minimum atomic E-state index is -4.99. The van der Waals surface area contributed by atoms with E-state index in [1.165, 1.54) is 0 Å². The van der Waals surface area contributed by atoms with Crippen molar-refractivity contribution in [3.63, 3.8) is 0 Å². The van der Waals surface area contributed by atoms with Gasteiger partial charge < -0.3 is 22.6 Å². The molecule has 16 heavy (non-hydrogen) atoms. The van der Waals surface area contributed by atoms with E-state index >= 15 is 0 Å². The van der Waals surface area contributed by atoms with Gasteiger partial charge in [-0.1, -0.05) is 6.08 Å². The minimum absolute atomic E-state index is 0.0362. The Balaban J connectivity index is 2.54. The van der Waals surface area contributed by atoms with Crippen LogP contribution < -0.4 is 0 Å². The first kappa shape index (κ1) is 12.9. The summed E-state index contributed by atoms with van der Waals surface area (Å²) < 4.78 is 42.0. The van der Waals surface area contributed by atoms with Gasteiger partial charge in [0.25, 0.3) is 0 Å². The van der Waals surface area contributed by atoms with E-state index in [1.807, 2.05) is 0 Å². The van der Waals surface area contributed by atoms with E-state index in [0.717, 1.165) is 11.0 Å². The van der Waals surface area contributed by atoms with Gasteiger partial charge in [0.15, 0.2) is 0 Å². The van der Waals surface area contributed by atoms with E-state index in [0.29, 0.717) is 0 Å². The number of hydrogen-bond donors (Lipinski definition) is 0. The third kappa shape index (κ3) is 3.46. The molecule has 92 valence electrons. The highest BCUT2D eigenvalue weighted by Crippen LogP contribution is 2.25. The van der Waals surface area contributed by atoms with Crippen molar-refractivity contribution in [2.24, 2.45) is 0 Å². The lowest BCUT2D eigenvalue weighted by Crippen LogP contribution is -2.37. The van der Waals surface area contributed by atoms with Crippen LogP contribution in [0.15, 0.2) is 11.5 Å². The zero-order chi connectivity index (χ0) is 12.6. The lowest BCUT2D eigenvalue weighted by molar-refractivity contribution is 0.0302. The zero-order valence-corrected chi connectivity index (χ0v) is 9.47. The summed E-state index contributed by atoms with van der Waals surface area (Å²) >= 11 is 0. The third-order valence-corrected chi connectivity index (χ3v) is 2.02. The molecule has 0 atom stereocenters. The SMILES string of the molecule is CC(C)(C)OC(=O)N1CC=C([B-](F)(F)F)C1. The highest BCUT2D eigenvalue weighted by atomic mass is 19.4. The second-order valence-corrected chi connectivity index (χ2v) is 4.71. The Labute approximate surface area is 92.3 Å². The summed E-state index contributed by atoms with van der Waals surface area (Å²) in [5, 5.41) is 0. The second kappa shape index (κ2) is 4.03. The van der Waals surface area contributed by atoms with Gasteiger partial charge in [-0.15, -0.1) is 5.47 Å². The highest BCUT2D eigenvalue weighted by molar-refractivity contribution is 6.67. The molecule has 0 fully saturated rings. The molecule has 0 aromatic rings. The molecule has 1 amide bonds. The van der Waals surface area contributed by atoms with Gasteiger partial charge >= 0.3 is 13.1 Å². The van der Waals surface area contributed by atoms with Gasteiger partial charge in [-0.2, -0.15) is 0 Å². The van der Waals surface area contributed by atoms with Crippen molar-refractivity contribution in [2.75, 3.05) is 13.1 Å². The fourth-order valence-corrected chi connectivity index (χ4v) is 1.28. The number of amides is 1. The van der Waals surface area contributed by atoms with Gasteiger partial charge in [0.1, 0.15) is 5.60 Å². The summed E-state index contributed by atoms with van der Waals surface area (Å²) in [4.78, 5) is 12.5. The number of carbonyl (C=O) groups excluding carboxylic acids is 1. The van der Waals surface area contributed by atoms with Crippen LogP contribution in [-0.4, -0.2) is 36.7 Å². The molecule has 0 saturated carbocycles. The van der Waals surface area contributed by atoms with E-state index in [-0.39, 0.29) is 6.54 Å². The molecule has 0 bridgehead atoms. The molecule has 7 heteroatoms. The van der Waals surface area contributed by atoms with Crippen LogP contribution >= 0.6 is 0 Å². The van der Waals surface area contributed by atoms with Crippen LogP contribution in [0.4, 0.5) is 17.7 Å². The Bertz CT molecular complexity index is 320. The van der Waals surface area contributed by atoms with Gasteiger partial charge in [0.05, 0.1) is 0 Å². The molecular formula is C9H14BF3NO2-. The van der Waals surface area contributed by atoms with Gasteiger partial charge in [-0.05, 0) is 20.8 Å². The molecule has 0 N–H and O–H groups in total. The number of carbonyl (C=O) groups is 1. The molecule has 0 radical (unpaired) electrons. The van der Waals surface area contributed by atoms with E-state index in [1.54, 1.807) is 20.8 Å². The number of nitrogens with zero attached hydrogens (tertiary/aromatic N) is 1. The van der Waals surface area contributed by atoms with Crippen LogP contribution in [0.3, 0.4) is 0 Å². The second-order valence-electron chi connectivity index (χ2n) is 4.71. The van der Waals surface area contributed by atoms with E-state index in [4.69, 9.17) is 4.74 Å². The molecule has 0 saturated heterocycles. The standard InChI is InChI=1S/C9H14BF3NO2/c1-9(2,3)16-8(15)14-5-4-7(6-14)10(11,12)13/h4H,5-6H2,1-3H3/q-1. The van der Waals surface area contributed by atoms with Gasteiger partial charge in [0, 0.05) is 13.1 Å². The summed E-state index contributed by atoms with van der Waals surface area (Å²) in [5.74, 6) is 0. The van der Waals surface area contributed by atoms with Crippen molar-refractivity contribution in [1.82, 2.24) is 4.90 Å². The van der Waals surface area contributed by atoms with Crippen molar-refractivity contribution >= 4 is 13.1 Å². The molecule has 0 aromatic heterocycles. The zero-order valence-electron chi connectivity index (χ0n) is 9.47. The molecule has 0 spiro atoms. The van der Waals surface area contributed by atoms with Crippen molar-refractivity contribution < 1.29 is 22.5 Å². The van der Waals surface area contributed by atoms with Gasteiger partial charge in [-0.25, -0.2) is 4.79 Å². The average Bonchev–Trinajstić information content (AvgIpc) is 2.46. The maximum atomic E-state index is 12.4. The summed E-state index contributed by atoms with van der Waals surface area (Å²) in [6, 6.07) is 0. The molecule has 1 heterocycles. The number of halogens is 3. The van der Waals surface area contributed by atoms with E-state index in [2.05, 4.69) is 0 Å². The number of hydrogen-bond acceptors (Lipinski definition) is 2. The van der Waals surface area contributed by atoms with Crippen LogP contribution in [0.2, 0.25) is 0 Å². The lowest BCUT2D eigenvalue weighted by Gasteiger charge is -2.25. The fraction of sp³-hybridized carbons (Fsp3) is 0.667. The first-order valence-corrected chi connectivity index (χ1v) is 4.96. The van der Waals surface area contributed by atoms with Crippen LogP contribution in [0.5, 0.6) is 0 Å². The Kier molecular flexibility index (Phi) is 3.26. The lowest BCUT2D eigenvalue weighted by atomic mass is 9.80. The van der Waals surface area contributed by atoms with Crippen molar-refractivity contribution in [3.8, 4) is 0 Å². The first-order chi connectivity index (χ1) is 7.09. The molecular weight excluding hydrogens is 222 g/mol. The minimum Gasteiger partial charge on any atom is -0.445 e. The molecule has 0 unspecified atom stereocenters. The summed E-state index contributed by atoms with van der Waals surface area (Å²) in [6.45, 7) is -0.423. The van der Waals surface area contributed by atoms with Gasteiger partial charge in [-0.3, -0.25) is 0 Å². The number of ether oxygens (including phenoxy) is 1. The van der Waals surface area contributed by atoms with Crippen LogP contribution in [0.1, 0.15) is 20.8 Å². The monoisotopic (exact) mass is 236 g/mol. The maximum Gasteiger partial charge on any atom is 0.507 e. The molecule has 3 nitrogen and oxygen atoms in total. The Morgan fingerprint density at radius 2 is 2.00 bits per heavy atom. The molecule has 1 rings (SSSR count). The van der Waals surface area contributed by atoms with E-state index in [9.17, 15) is 17.7 Å². The number of rotatable bonds is 1. The predicted octanol–water partition coefficient (Wildman–Crippen LogP) is 2.55. The third-order valence-electron chi connectivity index (χ3n) is 2.02. The van der Waals surface area contributed by atoms with Gasteiger partial charge in [0.2, 0.25) is 0 Å². The summed E-state index contributed by atoms with van der Waals surface area (Å²) in [6.07, 6.45) is 0.322. The topological polar surface area (TPSA) is 29.5 Å². The van der Waals surface area contributed by atoms with Crippen molar-refractivity contribution in [3.05, 3.63) is 11.5 Å². The molecule has 0 aromatic carbocycles. The fourth-order valence-electron chi connectivity index (χ4n) is 1.28. The summed E-state index contributed by atoms with van der Waals surface area (Å²) in [5.41, 5.74) is -1.32. The highest BCUT2D eigenvalue weighted by Gasteiger charge is 2.34. The van der Waals surface area contributed by atoms with E-state index < -0.39 is 30.7 Å². The van der Waals surface area contributed by atoms with Crippen molar-refractivity contribution in [2.45, 2.75) is 26.4 Å². The van der Waals surface area contributed by atoms with Crippen LogP contribution in [0.25, 0.3) is 0 Å². The average molecular weight is 236 g/mol. The molecule has 0 aliphatic carbocycles.